The first-order valence-corrected chi connectivity index (χ1v) is 4.62. The highest BCUT2D eigenvalue weighted by atomic mass is 16.1. The highest BCUT2D eigenvalue weighted by molar-refractivity contribution is 5.67. The van der Waals surface area contributed by atoms with Gasteiger partial charge in [0.25, 0.3) is 0 Å². The molecule has 0 heterocycles. The van der Waals surface area contributed by atoms with E-state index in [1.807, 2.05) is 37.3 Å². The molecule has 1 atom stereocenters. The average molecular weight is 187 g/mol. The van der Waals surface area contributed by atoms with E-state index in [0.29, 0.717) is 12.8 Å². The SMILES string of the molecule is C[C@@](C=O)(CCC#N)c1ccccc1. The molecule has 0 saturated heterocycles. The molecule has 0 radical (unpaired) electrons. The van der Waals surface area contributed by atoms with Gasteiger partial charge >= 0.3 is 0 Å². The van der Waals surface area contributed by atoms with E-state index in [-0.39, 0.29) is 0 Å². The number of hydrogen-bond acceptors (Lipinski definition) is 2. The van der Waals surface area contributed by atoms with E-state index < -0.39 is 5.41 Å². The molecule has 0 aliphatic rings. The topological polar surface area (TPSA) is 40.9 Å². The van der Waals surface area contributed by atoms with E-state index >= 15 is 0 Å². The van der Waals surface area contributed by atoms with Crippen molar-refractivity contribution in [2.24, 2.45) is 0 Å². The van der Waals surface area contributed by atoms with E-state index in [4.69, 9.17) is 5.26 Å². The fourth-order valence-corrected chi connectivity index (χ4v) is 1.41. The van der Waals surface area contributed by atoms with Crippen LogP contribution in [-0.4, -0.2) is 6.29 Å². The van der Waals surface area contributed by atoms with E-state index in [9.17, 15) is 4.79 Å². The summed E-state index contributed by atoms with van der Waals surface area (Å²) < 4.78 is 0. The maximum atomic E-state index is 11.0. The lowest BCUT2D eigenvalue weighted by atomic mass is 9.80. The first kappa shape index (κ1) is 10.5. The van der Waals surface area contributed by atoms with E-state index in [1.165, 1.54) is 0 Å². The van der Waals surface area contributed by atoms with Crippen molar-refractivity contribution in [1.82, 2.24) is 0 Å². The second kappa shape index (κ2) is 4.57. The van der Waals surface area contributed by atoms with Crippen molar-refractivity contribution in [2.45, 2.75) is 25.2 Å². The maximum Gasteiger partial charge on any atom is 0.130 e. The van der Waals surface area contributed by atoms with Gasteiger partial charge in [0.2, 0.25) is 0 Å². The molecule has 1 aromatic carbocycles. The van der Waals surface area contributed by atoms with Gasteiger partial charge in [0, 0.05) is 11.8 Å². The Kier molecular flexibility index (Phi) is 3.41. The second-order valence-electron chi connectivity index (χ2n) is 3.56. The number of carbonyl (C=O) groups is 1. The minimum atomic E-state index is -0.517. The largest absolute Gasteiger partial charge is 0.302 e. The minimum Gasteiger partial charge on any atom is -0.302 e. The van der Waals surface area contributed by atoms with Crippen molar-refractivity contribution in [1.29, 1.82) is 5.26 Å². The van der Waals surface area contributed by atoms with Crippen LogP contribution >= 0.6 is 0 Å². The summed E-state index contributed by atoms with van der Waals surface area (Å²) in [5.74, 6) is 0. The van der Waals surface area contributed by atoms with Gasteiger partial charge in [-0.3, -0.25) is 0 Å². The molecule has 0 bridgehead atoms. The third kappa shape index (κ3) is 2.20. The molecular formula is C12H13NO. The lowest BCUT2D eigenvalue weighted by Gasteiger charge is -2.21. The summed E-state index contributed by atoms with van der Waals surface area (Å²) in [7, 11) is 0. The van der Waals surface area contributed by atoms with Gasteiger partial charge in [-0.25, -0.2) is 0 Å². The Morgan fingerprint density at radius 3 is 2.57 bits per heavy atom. The van der Waals surface area contributed by atoms with Crippen molar-refractivity contribution in [3.8, 4) is 6.07 Å². The highest BCUT2D eigenvalue weighted by Gasteiger charge is 2.24. The van der Waals surface area contributed by atoms with E-state index in [0.717, 1.165) is 11.8 Å². The van der Waals surface area contributed by atoms with Crippen LogP contribution in [0.2, 0.25) is 0 Å². The van der Waals surface area contributed by atoms with Gasteiger partial charge in [0.15, 0.2) is 0 Å². The van der Waals surface area contributed by atoms with Crippen LogP contribution in [-0.2, 0) is 10.2 Å². The number of aldehydes is 1. The van der Waals surface area contributed by atoms with Crippen LogP contribution in [0.4, 0.5) is 0 Å². The molecule has 0 unspecified atom stereocenters. The van der Waals surface area contributed by atoms with Crippen LogP contribution in [0.3, 0.4) is 0 Å². The summed E-state index contributed by atoms with van der Waals surface area (Å²) in [6.07, 6.45) is 1.92. The van der Waals surface area contributed by atoms with Crippen LogP contribution < -0.4 is 0 Å². The number of rotatable bonds is 4. The molecule has 2 nitrogen and oxygen atoms in total. The van der Waals surface area contributed by atoms with Gasteiger partial charge < -0.3 is 4.79 Å². The number of nitriles is 1. The number of carbonyl (C=O) groups excluding carboxylic acids is 1. The fourth-order valence-electron chi connectivity index (χ4n) is 1.41. The molecule has 0 aliphatic heterocycles. The van der Waals surface area contributed by atoms with Crippen molar-refractivity contribution in [2.75, 3.05) is 0 Å². The second-order valence-corrected chi connectivity index (χ2v) is 3.56. The highest BCUT2D eigenvalue weighted by Crippen LogP contribution is 2.26. The van der Waals surface area contributed by atoms with E-state index in [1.54, 1.807) is 0 Å². The molecule has 1 rings (SSSR count). The summed E-state index contributed by atoms with van der Waals surface area (Å²) in [5.41, 5.74) is 0.460. The van der Waals surface area contributed by atoms with Gasteiger partial charge in [0.05, 0.1) is 6.07 Å². The normalized spacial score (nSPS) is 14.0. The van der Waals surface area contributed by atoms with Gasteiger partial charge in [-0.2, -0.15) is 5.26 Å². The summed E-state index contributed by atoms with van der Waals surface area (Å²) >= 11 is 0. The number of nitrogens with zero attached hydrogens (tertiary/aromatic N) is 1. The molecule has 0 saturated carbocycles. The average Bonchev–Trinajstić information content (AvgIpc) is 2.27. The maximum absolute atomic E-state index is 11.0. The lowest BCUT2D eigenvalue weighted by Crippen LogP contribution is -2.23. The third-order valence-electron chi connectivity index (χ3n) is 2.45. The zero-order valence-electron chi connectivity index (χ0n) is 8.23. The number of benzene rings is 1. The van der Waals surface area contributed by atoms with Gasteiger partial charge in [-0.05, 0) is 18.9 Å². The molecule has 0 aliphatic carbocycles. The lowest BCUT2D eigenvalue weighted by molar-refractivity contribution is -0.112. The Hall–Kier alpha value is -1.62. The first-order chi connectivity index (χ1) is 6.73. The predicted octanol–water partition coefficient (Wildman–Crippen LogP) is 2.45. The van der Waals surface area contributed by atoms with Crippen molar-refractivity contribution in [3.63, 3.8) is 0 Å². The minimum absolute atomic E-state index is 0.407. The quantitative estimate of drug-likeness (QED) is 0.679. The molecule has 2 heteroatoms. The number of hydrogen-bond donors (Lipinski definition) is 0. The van der Waals surface area contributed by atoms with Crippen LogP contribution in [0.5, 0.6) is 0 Å². The van der Waals surface area contributed by atoms with Crippen LogP contribution in [0.15, 0.2) is 30.3 Å². The van der Waals surface area contributed by atoms with Crippen LogP contribution in [0, 0.1) is 11.3 Å². The molecular weight excluding hydrogens is 174 g/mol. The Morgan fingerprint density at radius 1 is 1.43 bits per heavy atom. The predicted molar refractivity (Wildman–Crippen MR) is 54.7 cm³/mol. The molecule has 72 valence electrons. The Balaban J connectivity index is 2.91. The summed E-state index contributed by atoms with van der Waals surface area (Å²) in [4.78, 5) is 11.0. The summed E-state index contributed by atoms with van der Waals surface area (Å²) in [5, 5.41) is 8.51. The molecule has 0 N–H and O–H groups in total. The molecule has 0 fully saturated rings. The molecule has 0 amide bonds. The third-order valence-corrected chi connectivity index (χ3v) is 2.45. The fraction of sp³-hybridized carbons (Fsp3) is 0.333. The summed E-state index contributed by atoms with van der Waals surface area (Å²) in [6.45, 7) is 1.87. The van der Waals surface area contributed by atoms with Gasteiger partial charge in [0.1, 0.15) is 6.29 Å². The van der Waals surface area contributed by atoms with Gasteiger partial charge in [-0.1, -0.05) is 30.3 Å². The van der Waals surface area contributed by atoms with E-state index in [2.05, 4.69) is 6.07 Å². The Morgan fingerprint density at radius 2 is 2.07 bits per heavy atom. The smallest absolute Gasteiger partial charge is 0.130 e. The van der Waals surface area contributed by atoms with Gasteiger partial charge in [-0.15, -0.1) is 0 Å². The van der Waals surface area contributed by atoms with Crippen LogP contribution in [0.1, 0.15) is 25.3 Å². The molecule has 0 spiro atoms. The first-order valence-electron chi connectivity index (χ1n) is 4.62. The Labute approximate surface area is 84.2 Å². The Bertz CT molecular complexity index is 339. The monoisotopic (exact) mass is 187 g/mol. The van der Waals surface area contributed by atoms with Crippen molar-refractivity contribution >= 4 is 6.29 Å². The molecule has 0 aromatic heterocycles. The molecule has 1 aromatic rings. The zero-order valence-corrected chi connectivity index (χ0v) is 8.23. The van der Waals surface area contributed by atoms with Crippen LogP contribution in [0.25, 0.3) is 0 Å². The zero-order chi connectivity index (χ0) is 10.4. The molecule has 14 heavy (non-hydrogen) atoms. The summed E-state index contributed by atoms with van der Waals surface area (Å²) in [6, 6.07) is 11.6. The van der Waals surface area contributed by atoms with Crippen molar-refractivity contribution in [3.05, 3.63) is 35.9 Å². The standard InChI is InChI=1S/C12H13NO/c1-12(10-14,8-5-9-13)11-6-3-2-4-7-11/h2-4,6-7,10H,5,8H2,1H3/t12-/m0/s1. The van der Waals surface area contributed by atoms with Crippen molar-refractivity contribution < 1.29 is 4.79 Å².